The van der Waals surface area contributed by atoms with Crippen molar-refractivity contribution in [3.63, 3.8) is 0 Å². The summed E-state index contributed by atoms with van der Waals surface area (Å²) in [6.07, 6.45) is -7.75. The van der Waals surface area contributed by atoms with Gasteiger partial charge in [0.05, 0.1) is 35.8 Å². The maximum atomic E-state index is 12.7. The second kappa shape index (κ2) is 10.5. The van der Waals surface area contributed by atoms with Crippen LogP contribution in [0.2, 0.25) is 0 Å². The first-order valence-corrected chi connectivity index (χ1v) is 11.0. The zero-order chi connectivity index (χ0) is 27.0. The number of esters is 1. The molecule has 0 amide bonds. The molecule has 3 aliphatic rings. The molecule has 14 heteroatoms. The van der Waals surface area contributed by atoms with Crippen LogP contribution in [-0.2, 0) is 28.5 Å². The van der Waals surface area contributed by atoms with E-state index in [1.165, 1.54) is 6.07 Å². The molecule has 1 aromatic rings. The Morgan fingerprint density at radius 3 is 2.38 bits per heavy atom. The van der Waals surface area contributed by atoms with E-state index in [0.29, 0.717) is 0 Å². The number of aromatic hydroxyl groups is 2. The van der Waals surface area contributed by atoms with Crippen molar-refractivity contribution in [3.05, 3.63) is 47.2 Å². The predicted octanol–water partition coefficient (Wildman–Crippen LogP) is -1.86. The molecule has 8 atom stereocenters. The first kappa shape index (κ1) is 26.5. The number of aliphatic carboxylic acids is 1. The minimum absolute atomic E-state index is 0.104. The second-order valence-electron chi connectivity index (χ2n) is 8.62. The van der Waals surface area contributed by atoms with Gasteiger partial charge >= 0.3 is 11.9 Å². The number of phenols is 2. The zero-order valence-electron chi connectivity index (χ0n) is 18.9. The van der Waals surface area contributed by atoms with Crippen LogP contribution in [0, 0.1) is 11.8 Å². The van der Waals surface area contributed by atoms with Gasteiger partial charge in [0.15, 0.2) is 23.6 Å². The van der Waals surface area contributed by atoms with Gasteiger partial charge in [0.25, 0.3) is 0 Å². The number of rotatable bonds is 7. The summed E-state index contributed by atoms with van der Waals surface area (Å²) >= 11 is 0. The van der Waals surface area contributed by atoms with Crippen LogP contribution < -0.4 is 0 Å². The lowest BCUT2D eigenvalue weighted by Gasteiger charge is -2.42. The molecule has 37 heavy (non-hydrogen) atoms. The summed E-state index contributed by atoms with van der Waals surface area (Å²) in [7, 11) is 0. The summed E-state index contributed by atoms with van der Waals surface area (Å²) in [6.45, 7) is -1.24. The molecular weight excluding hydrogens is 500 g/mol. The maximum Gasteiger partial charge on any atom is 0.338 e. The summed E-state index contributed by atoms with van der Waals surface area (Å²) in [5.41, 5.74) is -0.408. The normalized spacial score (nSPS) is 33.1. The first-order chi connectivity index (χ1) is 17.5. The van der Waals surface area contributed by atoms with Crippen molar-refractivity contribution in [1.29, 1.82) is 0 Å². The largest absolute Gasteiger partial charge is 0.504 e. The Morgan fingerprint density at radius 2 is 1.73 bits per heavy atom. The van der Waals surface area contributed by atoms with E-state index >= 15 is 0 Å². The number of carboxylic acid groups (broad SMARTS) is 1. The Labute approximate surface area is 208 Å². The fourth-order valence-corrected chi connectivity index (χ4v) is 4.37. The van der Waals surface area contributed by atoms with Crippen molar-refractivity contribution in [1.82, 2.24) is 0 Å². The SMILES string of the molecule is O=C(O)C1=COC(OC2OC(CO)C(O)C(O)C2O)C2C(COC(=O)c3ccc(O)c(O)c3)=CC(=O)C12. The lowest BCUT2D eigenvalue weighted by Crippen LogP contribution is -2.60. The Morgan fingerprint density at radius 1 is 1.00 bits per heavy atom. The van der Waals surface area contributed by atoms with E-state index in [0.717, 1.165) is 24.5 Å². The smallest absolute Gasteiger partial charge is 0.338 e. The number of carbonyl (C=O) groups excluding carboxylic acids is 2. The van der Waals surface area contributed by atoms with E-state index in [4.69, 9.17) is 18.9 Å². The van der Waals surface area contributed by atoms with Crippen LogP contribution in [0.5, 0.6) is 11.5 Å². The molecule has 1 saturated heterocycles. The van der Waals surface area contributed by atoms with E-state index in [2.05, 4.69) is 0 Å². The fourth-order valence-electron chi connectivity index (χ4n) is 4.37. The van der Waals surface area contributed by atoms with Crippen molar-refractivity contribution in [2.75, 3.05) is 13.2 Å². The first-order valence-electron chi connectivity index (χ1n) is 11.0. The standard InChI is InChI=1S/C23H24O14/c24-5-14-17(28)18(29)19(30)23(36-14)37-22-15-9(4-13(27)16(15)10(7-35-22)20(31)32)6-34-21(33)8-1-2-11(25)12(26)3-8/h1-4,7,14-19,22-26,28-30H,5-6H2,(H,31,32). The number of benzene rings is 1. The number of fused-ring (bicyclic) bond motifs is 1. The minimum Gasteiger partial charge on any atom is -0.504 e. The number of allylic oxidation sites excluding steroid dienone is 1. The number of hydrogen-bond acceptors (Lipinski definition) is 13. The summed E-state index contributed by atoms with van der Waals surface area (Å²) in [4.78, 5) is 36.9. The van der Waals surface area contributed by atoms with Crippen molar-refractivity contribution < 1.29 is 69.1 Å². The van der Waals surface area contributed by atoms with E-state index in [1.54, 1.807) is 0 Å². The van der Waals surface area contributed by atoms with Gasteiger partial charge in [0, 0.05) is 0 Å². The third-order valence-corrected chi connectivity index (χ3v) is 6.32. The molecule has 2 aliphatic heterocycles. The van der Waals surface area contributed by atoms with Gasteiger partial charge in [-0.05, 0) is 29.8 Å². The molecule has 14 nitrogen and oxygen atoms in total. The Bertz CT molecular complexity index is 1140. The monoisotopic (exact) mass is 524 g/mol. The van der Waals surface area contributed by atoms with Gasteiger partial charge in [-0.3, -0.25) is 4.79 Å². The molecule has 7 N–H and O–H groups in total. The molecule has 0 saturated carbocycles. The predicted molar refractivity (Wildman–Crippen MR) is 116 cm³/mol. The fraction of sp³-hybridized carbons (Fsp3) is 0.435. The highest BCUT2D eigenvalue weighted by Crippen LogP contribution is 2.43. The highest BCUT2D eigenvalue weighted by atomic mass is 16.8. The van der Waals surface area contributed by atoms with Crippen LogP contribution in [0.3, 0.4) is 0 Å². The van der Waals surface area contributed by atoms with Crippen molar-refractivity contribution >= 4 is 17.7 Å². The topological polar surface area (TPSA) is 230 Å². The Balaban J connectivity index is 1.55. The lowest BCUT2D eigenvalue weighted by atomic mass is 9.83. The molecule has 4 rings (SSSR count). The molecule has 1 fully saturated rings. The summed E-state index contributed by atoms with van der Waals surface area (Å²) < 4.78 is 21.5. The number of carboxylic acids is 1. The third-order valence-electron chi connectivity index (χ3n) is 6.32. The van der Waals surface area contributed by atoms with E-state index in [1.807, 2.05) is 0 Å². The average molecular weight is 524 g/mol. The van der Waals surface area contributed by atoms with Crippen molar-refractivity contribution in [2.45, 2.75) is 37.0 Å². The van der Waals surface area contributed by atoms with Crippen LogP contribution in [0.15, 0.2) is 41.7 Å². The molecule has 0 spiro atoms. The maximum absolute atomic E-state index is 12.7. The highest BCUT2D eigenvalue weighted by Gasteiger charge is 2.52. The van der Waals surface area contributed by atoms with E-state index in [-0.39, 0.29) is 11.1 Å². The number of phenolic OH excluding ortho intramolecular Hbond substituents is 2. The van der Waals surface area contributed by atoms with Gasteiger partial charge in [-0.15, -0.1) is 0 Å². The number of aliphatic hydroxyl groups excluding tert-OH is 4. The number of ketones is 1. The molecule has 8 unspecified atom stereocenters. The van der Waals surface area contributed by atoms with Gasteiger partial charge in [-0.2, -0.15) is 0 Å². The molecule has 0 aromatic heterocycles. The van der Waals surface area contributed by atoms with Gasteiger partial charge < -0.3 is 54.7 Å². The molecule has 2 heterocycles. The molecule has 200 valence electrons. The van der Waals surface area contributed by atoms with Crippen LogP contribution in [0.4, 0.5) is 0 Å². The van der Waals surface area contributed by atoms with Crippen LogP contribution in [0.1, 0.15) is 10.4 Å². The summed E-state index contributed by atoms with van der Waals surface area (Å²) in [5.74, 6) is -6.48. The minimum atomic E-state index is -1.80. The summed E-state index contributed by atoms with van der Waals surface area (Å²) in [5, 5.41) is 68.2. The van der Waals surface area contributed by atoms with Crippen molar-refractivity contribution in [3.8, 4) is 11.5 Å². The molecular formula is C23H24O14. The molecule has 0 bridgehead atoms. The average Bonchev–Trinajstić information content (AvgIpc) is 3.20. The lowest BCUT2D eigenvalue weighted by molar-refractivity contribution is -0.339. The Hall–Kier alpha value is -3.53. The van der Waals surface area contributed by atoms with Crippen LogP contribution in [0.25, 0.3) is 0 Å². The Kier molecular flexibility index (Phi) is 7.49. The quantitative estimate of drug-likeness (QED) is 0.153. The number of carbonyl (C=O) groups is 3. The van der Waals surface area contributed by atoms with E-state index < -0.39 is 96.8 Å². The van der Waals surface area contributed by atoms with Gasteiger partial charge in [0.1, 0.15) is 31.0 Å². The van der Waals surface area contributed by atoms with Crippen molar-refractivity contribution in [2.24, 2.45) is 11.8 Å². The van der Waals surface area contributed by atoms with Gasteiger partial charge in [-0.1, -0.05) is 0 Å². The molecule has 1 aliphatic carbocycles. The van der Waals surface area contributed by atoms with Gasteiger partial charge in [0.2, 0.25) is 6.29 Å². The molecule has 1 aromatic carbocycles. The molecule has 0 radical (unpaired) electrons. The number of ether oxygens (including phenoxy) is 4. The number of hydrogen-bond donors (Lipinski definition) is 7. The van der Waals surface area contributed by atoms with Gasteiger partial charge in [-0.25, -0.2) is 9.59 Å². The third kappa shape index (κ3) is 5.02. The van der Waals surface area contributed by atoms with E-state index in [9.17, 15) is 50.1 Å². The van der Waals surface area contributed by atoms with Crippen LogP contribution >= 0.6 is 0 Å². The van der Waals surface area contributed by atoms with Crippen LogP contribution in [-0.4, -0.2) is 104 Å². The summed E-state index contributed by atoms with van der Waals surface area (Å²) in [6, 6.07) is 3.23. The zero-order valence-corrected chi connectivity index (χ0v) is 18.9. The number of aliphatic hydroxyl groups is 4. The second-order valence-corrected chi connectivity index (χ2v) is 8.62. The highest BCUT2D eigenvalue weighted by molar-refractivity contribution is 6.04.